The molecule has 1 aromatic rings. The van der Waals surface area contributed by atoms with E-state index in [4.69, 9.17) is 4.74 Å². The molecule has 0 radical (unpaired) electrons. The van der Waals surface area contributed by atoms with Gasteiger partial charge in [-0.15, -0.1) is 11.3 Å². The van der Waals surface area contributed by atoms with Gasteiger partial charge in [0.05, 0.1) is 5.60 Å². The van der Waals surface area contributed by atoms with E-state index in [-0.39, 0.29) is 5.60 Å². The molecule has 0 aliphatic rings. The van der Waals surface area contributed by atoms with Crippen molar-refractivity contribution in [3.8, 4) is 0 Å². The molecule has 0 spiro atoms. The molecule has 0 bridgehead atoms. The summed E-state index contributed by atoms with van der Waals surface area (Å²) in [5.74, 6) is 0. The summed E-state index contributed by atoms with van der Waals surface area (Å²) >= 11 is 1.84. The van der Waals surface area contributed by atoms with Crippen molar-refractivity contribution in [1.29, 1.82) is 0 Å². The van der Waals surface area contributed by atoms with Crippen molar-refractivity contribution in [1.82, 2.24) is 5.32 Å². The van der Waals surface area contributed by atoms with E-state index in [1.807, 2.05) is 11.3 Å². The van der Waals surface area contributed by atoms with Crippen molar-refractivity contribution in [3.63, 3.8) is 0 Å². The Morgan fingerprint density at radius 1 is 1.47 bits per heavy atom. The summed E-state index contributed by atoms with van der Waals surface area (Å²) in [5.41, 5.74) is -0.0286. The molecule has 1 N–H and O–H groups in total. The highest BCUT2D eigenvalue weighted by Crippen LogP contribution is 2.23. The van der Waals surface area contributed by atoms with Crippen LogP contribution in [0.3, 0.4) is 0 Å². The Balaban J connectivity index is 2.41. The fraction of sp³-hybridized carbons (Fsp3) is 0.714. The van der Waals surface area contributed by atoms with Gasteiger partial charge in [-0.1, -0.05) is 19.4 Å². The van der Waals surface area contributed by atoms with E-state index in [1.165, 1.54) is 17.7 Å². The second kappa shape index (κ2) is 7.14. The lowest BCUT2D eigenvalue weighted by Crippen LogP contribution is -2.30. The maximum absolute atomic E-state index is 5.43. The Bertz CT molecular complexity index is 295. The quantitative estimate of drug-likeness (QED) is 0.758. The Morgan fingerprint density at radius 3 is 2.76 bits per heavy atom. The highest BCUT2D eigenvalue weighted by Gasteiger charge is 2.17. The number of rotatable bonds is 8. The van der Waals surface area contributed by atoms with E-state index in [2.05, 4.69) is 43.6 Å². The summed E-state index contributed by atoms with van der Waals surface area (Å²) < 4.78 is 5.43. The van der Waals surface area contributed by atoms with Crippen molar-refractivity contribution < 1.29 is 4.74 Å². The van der Waals surface area contributed by atoms with Crippen LogP contribution < -0.4 is 5.32 Å². The molecule has 1 atom stereocenters. The molecule has 17 heavy (non-hydrogen) atoms. The molecule has 3 heteroatoms. The fourth-order valence-electron chi connectivity index (χ4n) is 1.77. The third-order valence-electron chi connectivity index (χ3n) is 3.13. The first-order valence-corrected chi connectivity index (χ1v) is 7.29. The average molecular weight is 255 g/mol. The maximum atomic E-state index is 5.43. The van der Waals surface area contributed by atoms with Gasteiger partial charge in [0.2, 0.25) is 0 Å². The van der Waals surface area contributed by atoms with Crippen molar-refractivity contribution in [2.24, 2.45) is 0 Å². The monoisotopic (exact) mass is 255 g/mol. The van der Waals surface area contributed by atoms with Gasteiger partial charge in [-0.25, -0.2) is 0 Å². The van der Waals surface area contributed by atoms with Crippen molar-refractivity contribution in [3.05, 3.63) is 22.4 Å². The van der Waals surface area contributed by atoms with E-state index in [1.54, 1.807) is 7.11 Å². The molecule has 1 rings (SSSR count). The van der Waals surface area contributed by atoms with Crippen molar-refractivity contribution in [2.45, 2.75) is 51.7 Å². The third kappa shape index (κ3) is 5.19. The Kier molecular flexibility index (Phi) is 6.17. The van der Waals surface area contributed by atoms with E-state index in [0.29, 0.717) is 6.04 Å². The second-order valence-corrected chi connectivity index (χ2v) is 6.00. The predicted octanol–water partition coefficient (Wildman–Crippen LogP) is 3.99. The van der Waals surface area contributed by atoms with E-state index in [0.717, 1.165) is 13.0 Å². The summed E-state index contributed by atoms with van der Waals surface area (Å²) in [7, 11) is 1.78. The number of nitrogens with one attached hydrogen (secondary N) is 1. The smallest absolute Gasteiger partial charge is 0.0634 e. The van der Waals surface area contributed by atoms with Crippen molar-refractivity contribution in [2.75, 3.05) is 13.7 Å². The normalized spacial score (nSPS) is 13.9. The van der Waals surface area contributed by atoms with Gasteiger partial charge >= 0.3 is 0 Å². The predicted molar refractivity (Wildman–Crippen MR) is 75.7 cm³/mol. The molecule has 0 aliphatic heterocycles. The Morgan fingerprint density at radius 2 is 2.24 bits per heavy atom. The van der Waals surface area contributed by atoms with Crippen LogP contribution in [-0.2, 0) is 4.74 Å². The van der Waals surface area contributed by atoms with Gasteiger partial charge in [0.25, 0.3) is 0 Å². The van der Waals surface area contributed by atoms with Gasteiger partial charge in [-0.2, -0.15) is 0 Å². The molecule has 1 aromatic heterocycles. The zero-order valence-electron chi connectivity index (χ0n) is 11.5. The van der Waals surface area contributed by atoms with Crippen LogP contribution >= 0.6 is 11.3 Å². The van der Waals surface area contributed by atoms with Crippen LogP contribution in [0.5, 0.6) is 0 Å². The SMILES string of the molecule is CCCC(NCCC(C)(C)OC)c1cccs1. The summed E-state index contributed by atoms with van der Waals surface area (Å²) in [6.07, 6.45) is 3.45. The Hall–Kier alpha value is -0.380. The topological polar surface area (TPSA) is 21.3 Å². The number of methoxy groups -OCH3 is 1. The lowest BCUT2D eigenvalue weighted by molar-refractivity contribution is 0.0153. The van der Waals surface area contributed by atoms with Crippen LogP contribution in [0.25, 0.3) is 0 Å². The summed E-state index contributed by atoms with van der Waals surface area (Å²) in [6, 6.07) is 4.86. The first-order valence-electron chi connectivity index (χ1n) is 6.41. The molecular weight excluding hydrogens is 230 g/mol. The molecule has 2 nitrogen and oxygen atoms in total. The lowest BCUT2D eigenvalue weighted by Gasteiger charge is -2.25. The molecule has 0 saturated heterocycles. The zero-order chi connectivity index (χ0) is 12.7. The lowest BCUT2D eigenvalue weighted by atomic mass is 10.0. The number of ether oxygens (including phenoxy) is 1. The number of thiophene rings is 1. The van der Waals surface area contributed by atoms with Gasteiger partial charge in [0.15, 0.2) is 0 Å². The van der Waals surface area contributed by atoms with Crippen LogP contribution in [-0.4, -0.2) is 19.3 Å². The van der Waals surface area contributed by atoms with E-state index >= 15 is 0 Å². The summed E-state index contributed by atoms with van der Waals surface area (Å²) in [4.78, 5) is 1.45. The minimum Gasteiger partial charge on any atom is -0.379 e. The van der Waals surface area contributed by atoms with Gasteiger partial charge in [0.1, 0.15) is 0 Å². The molecule has 0 aromatic carbocycles. The third-order valence-corrected chi connectivity index (χ3v) is 4.12. The fourth-order valence-corrected chi connectivity index (χ4v) is 2.61. The first kappa shape index (κ1) is 14.7. The van der Waals surface area contributed by atoms with Gasteiger partial charge in [-0.05, 0) is 44.7 Å². The van der Waals surface area contributed by atoms with Crippen LogP contribution in [0.2, 0.25) is 0 Å². The first-order chi connectivity index (χ1) is 8.09. The molecule has 1 unspecified atom stereocenters. The van der Waals surface area contributed by atoms with Crippen LogP contribution in [0, 0.1) is 0 Å². The average Bonchev–Trinajstić information content (AvgIpc) is 2.81. The number of hydrogen-bond donors (Lipinski definition) is 1. The molecule has 0 aliphatic carbocycles. The van der Waals surface area contributed by atoms with E-state index in [9.17, 15) is 0 Å². The van der Waals surface area contributed by atoms with Gasteiger partial charge in [-0.3, -0.25) is 0 Å². The number of hydrogen-bond acceptors (Lipinski definition) is 3. The highest BCUT2D eigenvalue weighted by molar-refractivity contribution is 7.10. The van der Waals surface area contributed by atoms with Crippen LogP contribution in [0.15, 0.2) is 17.5 Å². The molecule has 98 valence electrons. The maximum Gasteiger partial charge on any atom is 0.0634 e. The molecule has 0 saturated carbocycles. The standard InChI is InChI=1S/C14H25NOS/c1-5-7-12(13-8-6-11-17-13)15-10-9-14(2,3)16-4/h6,8,11-12,15H,5,7,9-10H2,1-4H3. The zero-order valence-corrected chi connectivity index (χ0v) is 12.3. The Labute approximate surface area is 109 Å². The minimum atomic E-state index is -0.0286. The highest BCUT2D eigenvalue weighted by atomic mass is 32.1. The molecule has 0 fully saturated rings. The minimum absolute atomic E-state index is 0.0286. The van der Waals surface area contributed by atoms with Gasteiger partial charge in [0, 0.05) is 18.0 Å². The van der Waals surface area contributed by atoms with Crippen molar-refractivity contribution >= 4 is 11.3 Å². The largest absolute Gasteiger partial charge is 0.379 e. The summed E-state index contributed by atoms with van der Waals surface area (Å²) in [5, 5.41) is 5.80. The van der Waals surface area contributed by atoms with Crippen LogP contribution in [0.1, 0.15) is 51.0 Å². The molecule has 0 amide bonds. The van der Waals surface area contributed by atoms with E-state index < -0.39 is 0 Å². The van der Waals surface area contributed by atoms with Crippen LogP contribution in [0.4, 0.5) is 0 Å². The van der Waals surface area contributed by atoms with Gasteiger partial charge < -0.3 is 10.1 Å². The molecular formula is C14H25NOS. The second-order valence-electron chi connectivity index (χ2n) is 5.02. The molecule has 1 heterocycles. The summed E-state index contributed by atoms with van der Waals surface area (Å²) in [6.45, 7) is 7.51.